The van der Waals surface area contributed by atoms with Crippen molar-refractivity contribution in [3.63, 3.8) is 0 Å². The number of hydrogen-bond acceptors (Lipinski definition) is 3. The van der Waals surface area contributed by atoms with E-state index < -0.39 is 0 Å². The van der Waals surface area contributed by atoms with Crippen molar-refractivity contribution in [3.8, 4) is 0 Å². The van der Waals surface area contributed by atoms with E-state index in [1.165, 1.54) is 5.56 Å². The van der Waals surface area contributed by atoms with Gasteiger partial charge in [0.05, 0.1) is 11.4 Å². The Kier molecular flexibility index (Phi) is 5.43. The lowest BCUT2D eigenvalue weighted by atomic mass is 9.91. The lowest BCUT2D eigenvalue weighted by Gasteiger charge is -2.33. The number of nitrogens with one attached hydrogen (secondary N) is 1. The van der Waals surface area contributed by atoms with Gasteiger partial charge in [0.25, 0.3) is 0 Å². The van der Waals surface area contributed by atoms with Gasteiger partial charge in [0, 0.05) is 26.1 Å². The number of carbonyl (C=O) groups is 2. The van der Waals surface area contributed by atoms with E-state index in [1.54, 1.807) is 11.3 Å². The highest BCUT2D eigenvalue weighted by atomic mass is 32.1. The zero-order chi connectivity index (χ0) is 18.6. The first-order valence-electron chi connectivity index (χ1n) is 9.70. The monoisotopic (exact) mass is 383 g/mol. The number of nitrogens with zero attached hydrogens (tertiary/aromatic N) is 2. The van der Waals surface area contributed by atoms with Crippen LogP contribution >= 0.6 is 11.3 Å². The summed E-state index contributed by atoms with van der Waals surface area (Å²) in [5, 5.41) is 7.38. The number of urea groups is 1. The van der Waals surface area contributed by atoms with Crippen LogP contribution in [0.15, 0.2) is 41.1 Å². The van der Waals surface area contributed by atoms with Crippen LogP contribution in [-0.4, -0.2) is 36.5 Å². The molecule has 2 saturated heterocycles. The van der Waals surface area contributed by atoms with Crippen molar-refractivity contribution in [2.75, 3.05) is 29.9 Å². The van der Waals surface area contributed by atoms with Gasteiger partial charge < -0.3 is 15.1 Å². The predicted molar refractivity (Wildman–Crippen MR) is 110 cm³/mol. The molecule has 2 aliphatic heterocycles. The van der Waals surface area contributed by atoms with Gasteiger partial charge in [0.2, 0.25) is 5.91 Å². The molecule has 3 amide bonds. The summed E-state index contributed by atoms with van der Waals surface area (Å²) in [5.41, 5.74) is 2.93. The van der Waals surface area contributed by atoms with Crippen LogP contribution in [0.4, 0.5) is 16.2 Å². The number of likely N-dealkylation sites (tertiary alicyclic amines) is 1. The molecule has 0 atom stereocenters. The molecule has 5 nitrogen and oxygen atoms in total. The van der Waals surface area contributed by atoms with E-state index in [1.807, 2.05) is 34.1 Å². The number of carbonyl (C=O) groups excluding carboxylic acids is 2. The van der Waals surface area contributed by atoms with Gasteiger partial charge in [-0.15, -0.1) is 0 Å². The molecule has 0 aliphatic carbocycles. The summed E-state index contributed by atoms with van der Waals surface area (Å²) >= 11 is 1.73. The normalized spacial score (nSPS) is 18.6. The Labute approximate surface area is 164 Å². The van der Waals surface area contributed by atoms with Gasteiger partial charge in [-0.2, -0.15) is 11.3 Å². The van der Waals surface area contributed by atoms with Crippen molar-refractivity contribution in [3.05, 3.63) is 46.7 Å². The molecule has 2 fully saturated rings. The molecule has 1 N–H and O–H groups in total. The van der Waals surface area contributed by atoms with Crippen LogP contribution in [-0.2, 0) is 4.79 Å². The number of piperidine rings is 2. The van der Waals surface area contributed by atoms with Gasteiger partial charge in [0.15, 0.2) is 0 Å². The highest BCUT2D eigenvalue weighted by molar-refractivity contribution is 7.08. The number of thiophene rings is 1. The van der Waals surface area contributed by atoms with Crippen LogP contribution in [0.5, 0.6) is 0 Å². The van der Waals surface area contributed by atoms with Crippen LogP contribution in [0.1, 0.15) is 43.6 Å². The van der Waals surface area contributed by atoms with Crippen molar-refractivity contribution in [2.24, 2.45) is 0 Å². The fraction of sp³-hybridized carbons (Fsp3) is 0.429. The second kappa shape index (κ2) is 8.13. The van der Waals surface area contributed by atoms with Crippen molar-refractivity contribution in [1.82, 2.24) is 4.90 Å². The van der Waals surface area contributed by atoms with E-state index in [9.17, 15) is 9.59 Å². The van der Waals surface area contributed by atoms with Gasteiger partial charge in [-0.05, 0) is 66.1 Å². The molecule has 0 spiro atoms. The zero-order valence-electron chi connectivity index (χ0n) is 15.4. The molecule has 3 heterocycles. The third-order valence-corrected chi connectivity index (χ3v) is 6.26. The highest BCUT2D eigenvalue weighted by Crippen LogP contribution is 2.31. The third-order valence-electron chi connectivity index (χ3n) is 5.56. The molecule has 4 rings (SSSR count). The van der Waals surface area contributed by atoms with Gasteiger partial charge >= 0.3 is 6.03 Å². The zero-order valence-corrected chi connectivity index (χ0v) is 16.2. The number of rotatable bonds is 3. The minimum Gasteiger partial charge on any atom is -0.324 e. The minimum atomic E-state index is -0.0734. The summed E-state index contributed by atoms with van der Waals surface area (Å²) in [7, 11) is 0. The van der Waals surface area contributed by atoms with Crippen molar-refractivity contribution in [1.29, 1.82) is 0 Å². The second-order valence-electron chi connectivity index (χ2n) is 7.27. The Hall–Kier alpha value is -2.34. The summed E-state index contributed by atoms with van der Waals surface area (Å²) in [5.74, 6) is 0.693. The molecular weight excluding hydrogens is 358 g/mol. The van der Waals surface area contributed by atoms with Gasteiger partial charge in [0.1, 0.15) is 0 Å². The molecule has 1 aromatic carbocycles. The van der Waals surface area contributed by atoms with E-state index in [4.69, 9.17) is 0 Å². The van der Waals surface area contributed by atoms with Gasteiger partial charge in [-0.25, -0.2) is 4.79 Å². The minimum absolute atomic E-state index is 0.0734. The van der Waals surface area contributed by atoms with E-state index in [-0.39, 0.29) is 11.9 Å². The first kappa shape index (κ1) is 18.0. The number of para-hydroxylation sites is 2. The van der Waals surface area contributed by atoms with Crippen LogP contribution in [0.25, 0.3) is 0 Å². The van der Waals surface area contributed by atoms with Crippen molar-refractivity contribution < 1.29 is 9.59 Å². The molecule has 0 saturated carbocycles. The molecule has 0 radical (unpaired) electrons. The predicted octanol–water partition coefficient (Wildman–Crippen LogP) is 4.68. The average Bonchev–Trinajstić information content (AvgIpc) is 3.24. The maximum atomic E-state index is 12.8. The lowest BCUT2D eigenvalue weighted by molar-refractivity contribution is -0.119. The number of amides is 3. The summed E-state index contributed by atoms with van der Waals surface area (Å²) in [6, 6.07) is 9.73. The van der Waals surface area contributed by atoms with Crippen LogP contribution in [0.2, 0.25) is 0 Å². The Balaban J connectivity index is 1.41. The molecule has 27 heavy (non-hydrogen) atoms. The Morgan fingerprint density at radius 3 is 2.63 bits per heavy atom. The van der Waals surface area contributed by atoms with E-state index in [0.29, 0.717) is 12.3 Å². The van der Waals surface area contributed by atoms with E-state index in [2.05, 4.69) is 22.1 Å². The maximum absolute atomic E-state index is 12.8. The summed E-state index contributed by atoms with van der Waals surface area (Å²) in [6.07, 6.45) is 4.53. The van der Waals surface area contributed by atoms with Crippen molar-refractivity contribution in [2.45, 2.75) is 38.0 Å². The summed E-state index contributed by atoms with van der Waals surface area (Å²) in [4.78, 5) is 28.8. The third kappa shape index (κ3) is 4.00. The van der Waals surface area contributed by atoms with Gasteiger partial charge in [-0.3, -0.25) is 4.79 Å². The van der Waals surface area contributed by atoms with E-state index in [0.717, 1.165) is 56.7 Å². The van der Waals surface area contributed by atoms with Crippen LogP contribution in [0, 0.1) is 0 Å². The SMILES string of the molecule is O=C(Nc1ccccc1N1CCCCC1=O)N1CCC(c2ccsc2)CC1. The molecule has 2 aromatic rings. The molecule has 1 aromatic heterocycles. The smallest absolute Gasteiger partial charge is 0.321 e. The van der Waals surface area contributed by atoms with Crippen LogP contribution < -0.4 is 10.2 Å². The number of benzene rings is 1. The fourth-order valence-corrected chi connectivity index (χ4v) is 4.74. The maximum Gasteiger partial charge on any atom is 0.321 e. The quantitative estimate of drug-likeness (QED) is 0.837. The highest BCUT2D eigenvalue weighted by Gasteiger charge is 2.26. The molecule has 142 valence electrons. The first-order chi connectivity index (χ1) is 13.2. The van der Waals surface area contributed by atoms with Crippen molar-refractivity contribution >= 4 is 34.6 Å². The molecule has 0 unspecified atom stereocenters. The standard InChI is InChI=1S/C21H25N3O2S/c25-20-7-3-4-11-24(20)19-6-2-1-5-18(19)22-21(26)23-12-8-16(9-13-23)17-10-14-27-15-17/h1-2,5-6,10,14-16H,3-4,7-9,11-13H2,(H,22,26). The summed E-state index contributed by atoms with van der Waals surface area (Å²) < 4.78 is 0. The van der Waals surface area contributed by atoms with Crippen LogP contribution in [0.3, 0.4) is 0 Å². The summed E-state index contributed by atoms with van der Waals surface area (Å²) in [6.45, 7) is 2.24. The molecule has 6 heteroatoms. The largest absolute Gasteiger partial charge is 0.324 e. The van der Waals surface area contributed by atoms with Gasteiger partial charge in [-0.1, -0.05) is 12.1 Å². The van der Waals surface area contributed by atoms with E-state index >= 15 is 0 Å². The first-order valence-corrected chi connectivity index (χ1v) is 10.6. The fourth-order valence-electron chi connectivity index (χ4n) is 3.99. The lowest BCUT2D eigenvalue weighted by Crippen LogP contribution is -2.41. The average molecular weight is 384 g/mol. The second-order valence-corrected chi connectivity index (χ2v) is 8.05. The topological polar surface area (TPSA) is 52.7 Å². The molecule has 2 aliphatic rings. The Morgan fingerprint density at radius 1 is 1.07 bits per heavy atom. The number of anilines is 2. The molecule has 0 bridgehead atoms. The Bertz CT molecular complexity index is 798. The Morgan fingerprint density at radius 2 is 1.89 bits per heavy atom. The number of hydrogen-bond donors (Lipinski definition) is 1. The molecular formula is C21H25N3O2S.